The number of rotatable bonds is 9. The normalized spacial score (nSPS) is 24.2. The fraction of sp³-hybridized carbons (Fsp3) is 0.353. The fourth-order valence-electron chi connectivity index (χ4n) is 6.85. The molecule has 1 aliphatic carbocycles. The number of carbonyl (C=O) groups is 2. The number of hydrogen-bond donors (Lipinski definition) is 1. The van der Waals surface area contributed by atoms with Crippen LogP contribution in [0.25, 0.3) is 11.6 Å². The molecular weight excluding hydrogens is 554 g/mol. The van der Waals surface area contributed by atoms with Crippen molar-refractivity contribution in [3.05, 3.63) is 98.2 Å². The molecule has 2 aliphatic heterocycles. The van der Waals surface area contributed by atoms with Crippen LogP contribution >= 0.6 is 22.9 Å². The summed E-state index contributed by atoms with van der Waals surface area (Å²) >= 11 is 8.05. The van der Waals surface area contributed by atoms with Crippen molar-refractivity contribution in [2.24, 2.45) is 17.8 Å². The van der Waals surface area contributed by atoms with Crippen molar-refractivity contribution in [2.45, 2.75) is 51.7 Å². The summed E-state index contributed by atoms with van der Waals surface area (Å²) in [5, 5.41) is 12.3. The Morgan fingerprint density at radius 2 is 1.93 bits per heavy atom. The van der Waals surface area contributed by atoms with Crippen LogP contribution in [0, 0.1) is 17.8 Å². The van der Waals surface area contributed by atoms with Crippen molar-refractivity contribution >= 4 is 46.4 Å². The highest BCUT2D eigenvalue weighted by Crippen LogP contribution is 2.51. The van der Waals surface area contributed by atoms with Gasteiger partial charge in [-0.05, 0) is 83.7 Å². The van der Waals surface area contributed by atoms with Gasteiger partial charge in [0.15, 0.2) is 0 Å². The molecule has 0 saturated carbocycles. The number of amides is 2. The lowest BCUT2D eigenvalue weighted by Crippen LogP contribution is -2.34. The smallest absolute Gasteiger partial charge is 0.234 e. The van der Waals surface area contributed by atoms with E-state index in [4.69, 9.17) is 16.3 Å². The predicted octanol–water partition coefficient (Wildman–Crippen LogP) is 7.74. The lowest BCUT2D eigenvalue weighted by Gasteiger charge is -2.32. The van der Waals surface area contributed by atoms with Gasteiger partial charge in [0.25, 0.3) is 0 Å². The minimum atomic E-state index is -0.331. The number of ether oxygens (including phenoxy) is 1. The zero-order valence-corrected chi connectivity index (χ0v) is 24.7. The van der Waals surface area contributed by atoms with E-state index in [0.717, 1.165) is 47.3 Å². The molecule has 5 nitrogen and oxygen atoms in total. The molecule has 4 atom stereocenters. The first kappa shape index (κ1) is 28.0. The van der Waals surface area contributed by atoms with Crippen LogP contribution in [0.5, 0.6) is 5.75 Å². The number of halogens is 1. The van der Waals surface area contributed by atoms with Crippen LogP contribution in [0.3, 0.4) is 0 Å². The summed E-state index contributed by atoms with van der Waals surface area (Å²) in [5.41, 5.74) is 5.67. The van der Waals surface area contributed by atoms with E-state index >= 15 is 0 Å². The minimum absolute atomic E-state index is 0.0235. The molecule has 212 valence electrons. The van der Waals surface area contributed by atoms with Crippen molar-refractivity contribution in [3.63, 3.8) is 0 Å². The number of hydrogen-bond acceptors (Lipinski definition) is 5. The lowest BCUT2D eigenvalue weighted by molar-refractivity contribution is -0.140. The zero-order valence-electron chi connectivity index (χ0n) is 23.1. The number of imide groups is 1. The molecule has 3 aromatic rings. The van der Waals surface area contributed by atoms with Crippen molar-refractivity contribution in [1.29, 1.82) is 0 Å². The molecule has 3 aliphatic rings. The molecule has 41 heavy (non-hydrogen) atoms. The Morgan fingerprint density at radius 1 is 1.10 bits per heavy atom. The summed E-state index contributed by atoms with van der Waals surface area (Å²) < 4.78 is 6.46. The number of carbonyl (C=O) groups excluding carboxylic acids is 2. The topological polar surface area (TPSA) is 66.8 Å². The Balaban J connectivity index is 1.27. The summed E-state index contributed by atoms with van der Waals surface area (Å²) in [4.78, 5) is 29.7. The Bertz CT molecular complexity index is 1500. The summed E-state index contributed by atoms with van der Waals surface area (Å²) in [6.07, 6.45) is 6.10. The molecule has 3 heterocycles. The standard InChI is InChI=1S/C34H34ClNO4S/c1-2-7-24-17-27-32(34(39)36(33(27)38)19-26-10-6-15-41-26)28-20-40-30(31(24)28)14-12-22(21-8-4-3-5-9-21)16-23-11-13-25(37)18-29(23)35/h3-6,8-11,13,15-16,18,27-28,30,32,37H,2,7,12,14,17,19-20H2,1H3/b22-16-/t27-,28+,30-,32-/m1/s1. The maximum Gasteiger partial charge on any atom is 0.234 e. The van der Waals surface area contributed by atoms with E-state index < -0.39 is 0 Å². The molecule has 2 amide bonds. The maximum absolute atomic E-state index is 13.7. The summed E-state index contributed by atoms with van der Waals surface area (Å²) in [6, 6.07) is 19.2. The number of fused-ring (bicyclic) bond motifs is 3. The van der Waals surface area contributed by atoms with Gasteiger partial charge < -0.3 is 9.84 Å². The highest BCUT2D eigenvalue weighted by molar-refractivity contribution is 7.09. The average molecular weight is 588 g/mol. The Morgan fingerprint density at radius 3 is 2.66 bits per heavy atom. The van der Waals surface area contributed by atoms with Gasteiger partial charge in [0.1, 0.15) is 5.75 Å². The van der Waals surface area contributed by atoms with Crippen LogP contribution in [-0.4, -0.2) is 34.5 Å². The van der Waals surface area contributed by atoms with Gasteiger partial charge in [-0.3, -0.25) is 14.5 Å². The molecule has 0 radical (unpaired) electrons. The molecule has 2 fully saturated rings. The number of nitrogens with zero attached hydrogens (tertiary/aromatic N) is 1. The third kappa shape index (κ3) is 5.53. The van der Waals surface area contributed by atoms with E-state index in [1.165, 1.54) is 16.0 Å². The van der Waals surface area contributed by atoms with Crippen molar-refractivity contribution in [2.75, 3.05) is 6.61 Å². The molecule has 1 N–H and O–H groups in total. The highest BCUT2D eigenvalue weighted by atomic mass is 35.5. The summed E-state index contributed by atoms with van der Waals surface area (Å²) in [7, 11) is 0. The number of allylic oxidation sites excluding steroid dienone is 2. The molecular formula is C34H34ClNO4S. The van der Waals surface area contributed by atoms with Gasteiger partial charge in [0.05, 0.1) is 36.1 Å². The minimum Gasteiger partial charge on any atom is -0.508 e. The first-order valence-electron chi connectivity index (χ1n) is 14.4. The molecule has 0 unspecified atom stereocenters. The Hall–Kier alpha value is -3.19. The first-order chi connectivity index (χ1) is 19.9. The van der Waals surface area contributed by atoms with Gasteiger partial charge in [0, 0.05) is 10.8 Å². The van der Waals surface area contributed by atoms with Crippen LogP contribution in [0.15, 0.2) is 77.2 Å². The number of thiophene rings is 1. The molecule has 1 aromatic heterocycles. The molecule has 6 rings (SSSR count). The Labute approximate surface area is 250 Å². The van der Waals surface area contributed by atoms with Crippen LogP contribution in [0.1, 0.15) is 55.0 Å². The molecule has 0 bridgehead atoms. The maximum atomic E-state index is 13.7. The van der Waals surface area contributed by atoms with Gasteiger partial charge in [-0.2, -0.15) is 0 Å². The summed E-state index contributed by atoms with van der Waals surface area (Å²) in [6.45, 7) is 3.01. The number of aromatic hydroxyl groups is 1. The highest BCUT2D eigenvalue weighted by Gasteiger charge is 2.56. The van der Waals surface area contributed by atoms with Gasteiger partial charge in [-0.25, -0.2) is 0 Å². The van der Waals surface area contributed by atoms with Crippen LogP contribution in [-0.2, 0) is 20.9 Å². The quantitative estimate of drug-likeness (QED) is 0.158. The predicted molar refractivity (Wildman–Crippen MR) is 163 cm³/mol. The van der Waals surface area contributed by atoms with Crippen LogP contribution in [0.4, 0.5) is 0 Å². The monoisotopic (exact) mass is 587 g/mol. The second-order valence-corrected chi connectivity index (χ2v) is 12.6. The van der Waals surface area contributed by atoms with E-state index in [2.05, 4.69) is 25.1 Å². The van der Waals surface area contributed by atoms with Crippen LogP contribution in [0.2, 0.25) is 5.02 Å². The Kier molecular flexibility index (Phi) is 8.16. The van der Waals surface area contributed by atoms with E-state index in [9.17, 15) is 14.7 Å². The number of phenolic OH excluding ortho intramolecular Hbond substituents is 1. The molecule has 2 saturated heterocycles. The van der Waals surface area contributed by atoms with E-state index in [1.807, 2.05) is 41.8 Å². The van der Waals surface area contributed by atoms with Crippen LogP contribution < -0.4 is 0 Å². The van der Waals surface area contributed by atoms with Crippen molar-refractivity contribution < 1.29 is 19.4 Å². The van der Waals surface area contributed by atoms with Gasteiger partial charge >= 0.3 is 0 Å². The average Bonchev–Trinajstić information content (AvgIpc) is 3.69. The van der Waals surface area contributed by atoms with Crippen molar-refractivity contribution in [1.82, 2.24) is 4.90 Å². The first-order valence-corrected chi connectivity index (χ1v) is 15.7. The molecule has 7 heteroatoms. The zero-order chi connectivity index (χ0) is 28.5. The van der Waals surface area contributed by atoms with Gasteiger partial charge in [-0.1, -0.05) is 66.9 Å². The lowest BCUT2D eigenvalue weighted by atomic mass is 9.68. The van der Waals surface area contributed by atoms with Gasteiger partial charge in [-0.15, -0.1) is 11.3 Å². The number of phenols is 1. The second kappa shape index (κ2) is 12.0. The van der Waals surface area contributed by atoms with E-state index in [1.54, 1.807) is 23.5 Å². The summed E-state index contributed by atoms with van der Waals surface area (Å²) in [5.74, 6) is -0.578. The second-order valence-electron chi connectivity index (χ2n) is 11.2. The molecule has 2 aromatic carbocycles. The fourth-order valence-corrected chi connectivity index (χ4v) is 7.77. The SMILES string of the molecule is CCCC1=C2[C@@H](CC/C(=C/c3ccc(O)cc3Cl)c3ccccc3)OC[C@@H]2[C@@H]2C(=O)N(Cc3cccs3)C(=O)[C@@H]2C1. The van der Waals surface area contributed by atoms with Gasteiger partial charge in [0.2, 0.25) is 11.8 Å². The third-order valence-corrected chi connectivity index (χ3v) is 9.87. The largest absolute Gasteiger partial charge is 0.508 e. The third-order valence-electron chi connectivity index (χ3n) is 8.68. The van der Waals surface area contributed by atoms with E-state index in [-0.39, 0.29) is 41.4 Å². The molecule has 0 spiro atoms. The van der Waals surface area contributed by atoms with E-state index in [0.29, 0.717) is 24.6 Å². The number of benzene rings is 2. The van der Waals surface area contributed by atoms with Crippen molar-refractivity contribution in [3.8, 4) is 5.75 Å². The number of likely N-dealkylation sites (tertiary alicyclic amines) is 1.